The fraction of sp³-hybridized carbons (Fsp3) is 0.444. The molecule has 0 saturated carbocycles. The van der Waals surface area contributed by atoms with Crippen LogP contribution < -0.4 is 0 Å². The second-order valence-corrected chi connectivity index (χ2v) is 11.8. The van der Waals surface area contributed by atoms with Gasteiger partial charge in [-0.15, -0.1) is 11.3 Å². The number of hydrogen-bond acceptors (Lipinski definition) is 10. The number of nitriles is 1. The van der Waals surface area contributed by atoms with E-state index >= 15 is 0 Å². The minimum Gasteiger partial charge on any atom is -0.479 e. The van der Waals surface area contributed by atoms with Crippen molar-refractivity contribution in [2.24, 2.45) is 0 Å². The molecule has 3 aromatic heterocycles. The smallest absolute Gasteiger partial charge is 0.335 e. The number of rotatable bonds is 7. The van der Waals surface area contributed by atoms with E-state index in [1.807, 2.05) is 25.3 Å². The molecular formula is C27H28ClF2N5O7S. The number of likely N-dealkylation sites (tertiary alicyclic amines) is 1. The highest BCUT2D eigenvalue weighted by Gasteiger charge is 2.51. The number of thiophene rings is 1. The molecule has 16 heteroatoms. The zero-order valence-corrected chi connectivity index (χ0v) is 24.4. The van der Waals surface area contributed by atoms with Crippen LogP contribution in [0.5, 0.6) is 0 Å². The van der Waals surface area contributed by atoms with E-state index in [1.54, 1.807) is 10.9 Å². The molecule has 230 valence electrons. The summed E-state index contributed by atoms with van der Waals surface area (Å²) in [7, 11) is 0. The predicted octanol–water partition coefficient (Wildman–Crippen LogP) is 2.85. The first-order valence-corrected chi connectivity index (χ1v) is 14.2. The molecule has 0 unspecified atom stereocenters. The number of pyridine rings is 1. The second kappa shape index (κ2) is 13.0. The van der Waals surface area contributed by atoms with E-state index in [4.69, 9.17) is 42.0 Å². The Kier molecular flexibility index (Phi) is 9.79. The molecule has 5 rings (SSSR count). The summed E-state index contributed by atoms with van der Waals surface area (Å²) in [5.41, 5.74) is 2.12. The summed E-state index contributed by atoms with van der Waals surface area (Å²) in [5, 5.41) is 46.2. The molecule has 2 aliphatic heterocycles. The number of aliphatic hydroxyl groups excluding tert-OH is 2. The lowest BCUT2D eigenvalue weighted by atomic mass is 9.84. The quantitative estimate of drug-likeness (QED) is 0.298. The molecule has 1 spiro atoms. The van der Waals surface area contributed by atoms with Crippen molar-refractivity contribution < 1.29 is 43.5 Å². The molecule has 0 bridgehead atoms. The molecule has 0 aromatic carbocycles. The molecule has 43 heavy (non-hydrogen) atoms. The lowest BCUT2D eigenvalue weighted by molar-refractivity contribution is -0.182. The van der Waals surface area contributed by atoms with Gasteiger partial charge in [0.2, 0.25) is 0 Å². The third-order valence-electron chi connectivity index (χ3n) is 7.26. The number of fused-ring (bicyclic) bond motifs is 2. The molecule has 3 aromatic rings. The Morgan fingerprint density at radius 1 is 1.21 bits per heavy atom. The maximum absolute atomic E-state index is 14.4. The highest BCUT2D eigenvalue weighted by atomic mass is 35.5. The van der Waals surface area contributed by atoms with Crippen molar-refractivity contribution in [3.63, 3.8) is 0 Å². The Morgan fingerprint density at radius 2 is 1.86 bits per heavy atom. The number of aliphatic carboxylic acids is 2. The van der Waals surface area contributed by atoms with Crippen LogP contribution in [0.3, 0.4) is 0 Å². The van der Waals surface area contributed by atoms with Gasteiger partial charge in [0.1, 0.15) is 12.2 Å². The minimum atomic E-state index is -3.00. The van der Waals surface area contributed by atoms with E-state index < -0.39 is 42.3 Å². The summed E-state index contributed by atoms with van der Waals surface area (Å²) in [4.78, 5) is 26.8. The van der Waals surface area contributed by atoms with Gasteiger partial charge in [0.15, 0.2) is 18.0 Å². The van der Waals surface area contributed by atoms with Crippen molar-refractivity contribution in [2.75, 3.05) is 19.7 Å². The van der Waals surface area contributed by atoms with Crippen molar-refractivity contribution in [2.45, 2.75) is 56.5 Å². The summed E-state index contributed by atoms with van der Waals surface area (Å²) >= 11 is 7.32. The fourth-order valence-electron chi connectivity index (χ4n) is 4.92. The van der Waals surface area contributed by atoms with Crippen LogP contribution in [0, 0.1) is 18.3 Å². The van der Waals surface area contributed by atoms with Crippen molar-refractivity contribution in [3.05, 3.63) is 62.2 Å². The summed E-state index contributed by atoms with van der Waals surface area (Å²) < 4.78 is 36.6. The number of nitrogens with zero attached hydrogens (tertiary/aromatic N) is 5. The number of aromatic nitrogens is 3. The topological polar surface area (TPSA) is 182 Å². The number of carbonyl (C=O) groups is 2. The van der Waals surface area contributed by atoms with Crippen LogP contribution in [0.1, 0.15) is 40.1 Å². The summed E-state index contributed by atoms with van der Waals surface area (Å²) in [6.07, 6.45) is 0.640. The van der Waals surface area contributed by atoms with E-state index in [0.29, 0.717) is 47.5 Å². The number of piperidine rings is 1. The summed E-state index contributed by atoms with van der Waals surface area (Å²) in [5.74, 6) is -5.88. The minimum absolute atomic E-state index is 0.0258. The number of ether oxygens (including phenoxy) is 1. The molecular weight excluding hydrogens is 612 g/mol. The highest BCUT2D eigenvalue weighted by Crippen LogP contribution is 2.52. The van der Waals surface area contributed by atoms with Crippen molar-refractivity contribution >= 4 is 34.9 Å². The number of alkyl halides is 2. The first-order valence-electron chi connectivity index (χ1n) is 13.0. The van der Waals surface area contributed by atoms with Gasteiger partial charge in [-0.2, -0.15) is 19.1 Å². The normalized spacial score (nSPS) is 18.5. The van der Waals surface area contributed by atoms with Crippen LogP contribution in [0.2, 0.25) is 4.34 Å². The zero-order valence-electron chi connectivity index (χ0n) is 22.8. The number of aliphatic hydroxyl groups is 2. The van der Waals surface area contributed by atoms with E-state index in [-0.39, 0.29) is 12.0 Å². The van der Waals surface area contributed by atoms with Crippen LogP contribution in [0.4, 0.5) is 8.78 Å². The van der Waals surface area contributed by atoms with Gasteiger partial charge in [0.25, 0.3) is 5.92 Å². The van der Waals surface area contributed by atoms with Crippen molar-refractivity contribution in [3.8, 4) is 11.9 Å². The Bertz CT molecular complexity index is 1520. The molecule has 1 fully saturated rings. The van der Waals surface area contributed by atoms with Crippen LogP contribution in [-0.2, 0) is 38.8 Å². The molecule has 2 aliphatic rings. The highest BCUT2D eigenvalue weighted by molar-refractivity contribution is 7.16. The SMILES string of the molecule is Cc1nn(-c2ncccc2CC#N)cc1CN1CCC2(CC1)OCC(F)(F)c1cc(Cl)sc12.O=C(O)[C@H](O)[C@@H](O)C(=O)O. The van der Waals surface area contributed by atoms with Gasteiger partial charge in [-0.3, -0.25) is 4.90 Å². The van der Waals surface area contributed by atoms with Gasteiger partial charge in [0.05, 0.1) is 22.5 Å². The third-order valence-corrected chi connectivity index (χ3v) is 8.71. The monoisotopic (exact) mass is 639 g/mol. The summed E-state index contributed by atoms with van der Waals surface area (Å²) in [6, 6.07) is 7.26. The largest absolute Gasteiger partial charge is 0.479 e. The van der Waals surface area contributed by atoms with Gasteiger partial charge in [-0.05, 0) is 31.9 Å². The lowest BCUT2D eigenvalue weighted by Gasteiger charge is -2.45. The Balaban J connectivity index is 0.000000365. The fourth-order valence-corrected chi connectivity index (χ4v) is 6.40. The molecule has 4 N–H and O–H groups in total. The van der Waals surface area contributed by atoms with Crippen molar-refractivity contribution in [1.29, 1.82) is 5.26 Å². The number of carboxylic acids is 2. The maximum Gasteiger partial charge on any atom is 0.335 e. The summed E-state index contributed by atoms with van der Waals surface area (Å²) in [6.45, 7) is 3.48. The number of carboxylic acid groups (broad SMARTS) is 2. The van der Waals surface area contributed by atoms with Gasteiger partial charge in [0, 0.05) is 53.6 Å². The van der Waals surface area contributed by atoms with Crippen molar-refractivity contribution in [1.82, 2.24) is 19.7 Å². The van der Waals surface area contributed by atoms with Gasteiger partial charge in [-0.25, -0.2) is 19.3 Å². The van der Waals surface area contributed by atoms with Gasteiger partial charge in [-0.1, -0.05) is 17.7 Å². The predicted molar refractivity (Wildman–Crippen MR) is 148 cm³/mol. The average Bonchev–Trinajstić information content (AvgIpc) is 3.55. The second-order valence-electron chi connectivity index (χ2n) is 10.1. The number of hydrogen-bond donors (Lipinski definition) is 4. The molecule has 5 heterocycles. The Labute approximate surface area is 253 Å². The van der Waals surface area contributed by atoms with Gasteiger partial charge < -0.3 is 25.2 Å². The number of halogens is 3. The third kappa shape index (κ3) is 7.01. The standard InChI is InChI=1S/C23H22ClF2N5OS.C4H6O6/c1-15-17(13-31(29-15)21-16(4-7-27)3-2-8-28-21)12-30-9-5-22(6-10-30)20-18(11-19(24)33-20)23(25,26)14-32-22;5-1(3(7)8)2(6)4(9)10/h2-3,8,11,13H,4-6,9-10,12,14H2,1H3;1-2,5-6H,(H,7,8)(H,9,10)/t;1-,2-/m.1/s1. The van der Waals surface area contributed by atoms with E-state index in [1.165, 1.54) is 17.4 Å². The zero-order chi connectivity index (χ0) is 31.5. The van der Waals surface area contributed by atoms with E-state index in [9.17, 15) is 18.4 Å². The Morgan fingerprint density at radius 3 is 2.47 bits per heavy atom. The van der Waals surface area contributed by atoms with Gasteiger partial charge >= 0.3 is 11.9 Å². The maximum atomic E-state index is 14.4. The molecule has 1 saturated heterocycles. The molecule has 0 amide bonds. The lowest BCUT2D eigenvalue weighted by Crippen LogP contribution is -2.48. The van der Waals surface area contributed by atoms with Crippen LogP contribution in [0.15, 0.2) is 30.6 Å². The van der Waals surface area contributed by atoms with Crippen LogP contribution >= 0.6 is 22.9 Å². The first kappa shape index (κ1) is 32.4. The molecule has 2 atom stereocenters. The first-order chi connectivity index (χ1) is 20.3. The number of aryl methyl sites for hydroxylation is 1. The molecule has 0 aliphatic carbocycles. The Hall–Kier alpha value is -3.52. The average molecular weight is 640 g/mol. The molecule has 12 nitrogen and oxygen atoms in total. The molecule has 0 radical (unpaired) electrons. The van der Waals surface area contributed by atoms with E-state index in [2.05, 4.69) is 21.1 Å². The van der Waals surface area contributed by atoms with Crippen LogP contribution in [-0.4, -0.2) is 83.9 Å². The van der Waals surface area contributed by atoms with Crippen LogP contribution in [0.25, 0.3) is 5.82 Å². The van der Waals surface area contributed by atoms with E-state index in [0.717, 1.165) is 16.8 Å².